The first-order valence-corrected chi connectivity index (χ1v) is 11.6. The van der Waals surface area contributed by atoms with E-state index in [1.165, 1.54) is 28.6 Å². The van der Waals surface area contributed by atoms with E-state index < -0.39 is 45.1 Å². The van der Waals surface area contributed by atoms with Crippen molar-refractivity contribution in [1.82, 2.24) is 9.62 Å². The average Bonchev–Trinajstić information content (AvgIpc) is 2.78. The van der Waals surface area contributed by atoms with Gasteiger partial charge >= 0.3 is 5.97 Å². The van der Waals surface area contributed by atoms with Crippen LogP contribution in [-0.2, 0) is 19.6 Å². The van der Waals surface area contributed by atoms with Crippen molar-refractivity contribution in [2.45, 2.75) is 24.2 Å². The first kappa shape index (κ1) is 23.8. The van der Waals surface area contributed by atoms with Gasteiger partial charge in [-0.3, -0.25) is 14.9 Å². The van der Waals surface area contributed by atoms with Crippen LogP contribution in [0.3, 0.4) is 0 Å². The number of esters is 1. The van der Waals surface area contributed by atoms with Crippen LogP contribution in [0.5, 0.6) is 0 Å². The standard InChI is InChI=1S/C21H20ClFN2O6S/c22-16-7-4-14(5-8-16)20(27)24-19(26)13-31-21(28)15-6-9-17(23)18(12-15)32(29,30)25-10-2-1-3-11-25/h4-9,12H,1-3,10-11,13H2,(H,24,26,27). The second-order valence-electron chi connectivity index (χ2n) is 7.07. The molecule has 170 valence electrons. The number of rotatable bonds is 6. The molecule has 1 fully saturated rings. The molecule has 2 aromatic rings. The third-order valence-electron chi connectivity index (χ3n) is 4.79. The van der Waals surface area contributed by atoms with Crippen LogP contribution in [0, 0.1) is 5.82 Å². The number of nitrogens with one attached hydrogen (secondary N) is 1. The highest BCUT2D eigenvalue weighted by Gasteiger charge is 2.29. The Balaban J connectivity index is 1.64. The van der Waals surface area contributed by atoms with E-state index in [4.69, 9.17) is 16.3 Å². The van der Waals surface area contributed by atoms with Gasteiger partial charge in [-0.05, 0) is 55.3 Å². The first-order valence-electron chi connectivity index (χ1n) is 9.75. The largest absolute Gasteiger partial charge is 0.452 e. The fourth-order valence-corrected chi connectivity index (χ4v) is 4.86. The van der Waals surface area contributed by atoms with Crippen molar-refractivity contribution in [2.75, 3.05) is 19.7 Å². The number of hydrogen-bond donors (Lipinski definition) is 1. The lowest BCUT2D eigenvalue weighted by Crippen LogP contribution is -2.36. The number of piperidine rings is 1. The van der Waals surface area contributed by atoms with Gasteiger partial charge < -0.3 is 4.74 Å². The van der Waals surface area contributed by atoms with Gasteiger partial charge in [0.05, 0.1) is 5.56 Å². The Labute approximate surface area is 189 Å². The van der Waals surface area contributed by atoms with E-state index in [0.29, 0.717) is 17.9 Å². The monoisotopic (exact) mass is 482 g/mol. The molecule has 0 aromatic heterocycles. The lowest BCUT2D eigenvalue weighted by atomic mass is 10.2. The summed E-state index contributed by atoms with van der Waals surface area (Å²) in [5.74, 6) is -3.62. The highest BCUT2D eigenvalue weighted by molar-refractivity contribution is 7.89. The van der Waals surface area contributed by atoms with Crippen LogP contribution in [0.15, 0.2) is 47.4 Å². The van der Waals surface area contributed by atoms with Gasteiger partial charge in [0.15, 0.2) is 6.61 Å². The zero-order valence-corrected chi connectivity index (χ0v) is 18.4. The van der Waals surface area contributed by atoms with E-state index in [-0.39, 0.29) is 24.2 Å². The molecular formula is C21H20ClFN2O6S. The summed E-state index contributed by atoms with van der Waals surface area (Å²) < 4.78 is 45.8. The smallest absolute Gasteiger partial charge is 0.338 e. The molecule has 8 nitrogen and oxygen atoms in total. The fourth-order valence-electron chi connectivity index (χ4n) is 3.12. The first-order chi connectivity index (χ1) is 15.2. The lowest BCUT2D eigenvalue weighted by Gasteiger charge is -2.26. The molecule has 0 saturated carbocycles. The molecule has 32 heavy (non-hydrogen) atoms. The molecule has 2 aromatic carbocycles. The number of imide groups is 1. The van der Waals surface area contributed by atoms with Crippen LogP contribution >= 0.6 is 11.6 Å². The molecule has 3 rings (SSSR count). The number of benzene rings is 2. The summed E-state index contributed by atoms with van der Waals surface area (Å²) in [6.07, 6.45) is 2.24. The molecule has 1 N–H and O–H groups in total. The van der Waals surface area contributed by atoms with Gasteiger partial charge in [-0.1, -0.05) is 18.0 Å². The van der Waals surface area contributed by atoms with Crippen LogP contribution in [0.1, 0.15) is 40.0 Å². The van der Waals surface area contributed by atoms with Crippen molar-refractivity contribution < 1.29 is 31.9 Å². The highest BCUT2D eigenvalue weighted by atomic mass is 35.5. The number of sulfonamides is 1. The number of carbonyl (C=O) groups is 3. The minimum absolute atomic E-state index is 0.181. The number of halogens is 2. The third-order valence-corrected chi connectivity index (χ3v) is 6.96. The number of ether oxygens (including phenoxy) is 1. The van der Waals surface area contributed by atoms with Crippen molar-refractivity contribution in [3.8, 4) is 0 Å². The van der Waals surface area contributed by atoms with Crippen molar-refractivity contribution in [1.29, 1.82) is 0 Å². The molecule has 0 radical (unpaired) electrons. The van der Waals surface area contributed by atoms with Crippen molar-refractivity contribution >= 4 is 39.4 Å². The zero-order valence-electron chi connectivity index (χ0n) is 16.8. The normalized spacial score (nSPS) is 14.6. The predicted octanol–water partition coefficient (Wildman–Crippen LogP) is 2.77. The van der Waals surface area contributed by atoms with E-state index in [2.05, 4.69) is 0 Å². The molecule has 0 unspecified atom stereocenters. The molecule has 0 aliphatic carbocycles. The summed E-state index contributed by atoms with van der Waals surface area (Å²) in [5, 5.41) is 2.47. The lowest BCUT2D eigenvalue weighted by molar-refractivity contribution is -0.123. The van der Waals surface area contributed by atoms with Gasteiger partial charge in [0.2, 0.25) is 10.0 Å². The third kappa shape index (κ3) is 5.70. The highest BCUT2D eigenvalue weighted by Crippen LogP contribution is 2.24. The second kappa shape index (κ2) is 10.2. The summed E-state index contributed by atoms with van der Waals surface area (Å²) in [6.45, 7) is -0.236. The molecule has 2 amide bonds. The summed E-state index contributed by atoms with van der Waals surface area (Å²) in [6, 6.07) is 8.59. The molecule has 1 aliphatic heterocycles. The van der Waals surface area contributed by atoms with E-state index in [9.17, 15) is 27.2 Å². The Morgan fingerprint density at radius 1 is 1.00 bits per heavy atom. The average molecular weight is 483 g/mol. The van der Waals surface area contributed by atoms with Crippen molar-refractivity contribution in [3.63, 3.8) is 0 Å². The molecule has 0 spiro atoms. The quantitative estimate of drug-likeness (QED) is 0.634. The van der Waals surface area contributed by atoms with Crippen molar-refractivity contribution in [2.24, 2.45) is 0 Å². The van der Waals surface area contributed by atoms with E-state index in [1.807, 2.05) is 5.32 Å². The Bertz CT molecular complexity index is 1130. The van der Waals surface area contributed by atoms with Gasteiger partial charge in [0.25, 0.3) is 11.8 Å². The van der Waals surface area contributed by atoms with Crippen LogP contribution in [0.4, 0.5) is 4.39 Å². The van der Waals surface area contributed by atoms with E-state index in [0.717, 1.165) is 24.6 Å². The van der Waals surface area contributed by atoms with Crippen LogP contribution in [0.25, 0.3) is 0 Å². The molecule has 11 heteroatoms. The minimum Gasteiger partial charge on any atom is -0.452 e. The summed E-state index contributed by atoms with van der Waals surface area (Å²) in [7, 11) is -4.11. The predicted molar refractivity (Wildman–Crippen MR) is 113 cm³/mol. The Kier molecular flexibility index (Phi) is 7.60. The van der Waals surface area contributed by atoms with Gasteiger partial charge in [-0.25, -0.2) is 17.6 Å². The topological polar surface area (TPSA) is 110 Å². The molecule has 1 aliphatic rings. The zero-order chi connectivity index (χ0) is 23.3. The fraction of sp³-hybridized carbons (Fsp3) is 0.286. The Hall–Kier alpha value is -2.82. The molecule has 0 bridgehead atoms. The van der Waals surface area contributed by atoms with Gasteiger partial charge in [0.1, 0.15) is 10.7 Å². The minimum atomic E-state index is -4.11. The van der Waals surface area contributed by atoms with Crippen molar-refractivity contribution in [3.05, 3.63) is 64.4 Å². The van der Waals surface area contributed by atoms with Gasteiger partial charge in [0, 0.05) is 23.7 Å². The van der Waals surface area contributed by atoms with E-state index in [1.54, 1.807) is 0 Å². The Morgan fingerprint density at radius 3 is 2.28 bits per heavy atom. The number of amides is 2. The SMILES string of the molecule is O=C(COC(=O)c1ccc(F)c(S(=O)(=O)N2CCCCC2)c1)NC(=O)c1ccc(Cl)cc1. The summed E-state index contributed by atoms with van der Waals surface area (Å²) in [5.41, 5.74) is -0.0565. The Morgan fingerprint density at radius 2 is 1.62 bits per heavy atom. The molecule has 0 atom stereocenters. The number of hydrogen-bond acceptors (Lipinski definition) is 6. The van der Waals surface area contributed by atoms with Crippen LogP contribution in [-0.4, -0.2) is 50.2 Å². The summed E-state index contributed by atoms with van der Waals surface area (Å²) in [4.78, 5) is 35.6. The second-order valence-corrected chi connectivity index (χ2v) is 9.41. The van der Waals surface area contributed by atoms with Gasteiger partial charge in [-0.15, -0.1) is 0 Å². The molecule has 1 heterocycles. The number of nitrogens with zero attached hydrogens (tertiary/aromatic N) is 1. The maximum atomic E-state index is 14.3. The molecule has 1 saturated heterocycles. The summed E-state index contributed by atoms with van der Waals surface area (Å²) >= 11 is 5.74. The van der Waals surface area contributed by atoms with E-state index >= 15 is 0 Å². The molecular weight excluding hydrogens is 463 g/mol. The maximum Gasteiger partial charge on any atom is 0.338 e. The number of carbonyl (C=O) groups excluding carboxylic acids is 3. The van der Waals surface area contributed by atoms with Crippen LogP contribution in [0.2, 0.25) is 5.02 Å². The maximum absolute atomic E-state index is 14.3. The van der Waals surface area contributed by atoms with Gasteiger partial charge in [-0.2, -0.15) is 4.31 Å². The van der Waals surface area contributed by atoms with Crippen LogP contribution < -0.4 is 5.32 Å².